The predicted molar refractivity (Wildman–Crippen MR) is 74.6 cm³/mol. The Bertz CT molecular complexity index is 475. The fourth-order valence-electron chi connectivity index (χ4n) is 2.74. The standard InChI is InChI=1S/C15H21NO4/c17-7-6-16-13(9-14(18)19)15(20)12-5-4-10-2-1-3-11(10)8-12/h4-5,8,13,15-17,20H,1-3,6-7,9H2,(H,18,19). The number of aliphatic carboxylic acids is 1. The van der Waals surface area contributed by atoms with Crippen molar-refractivity contribution in [2.75, 3.05) is 13.2 Å². The first kappa shape index (κ1) is 15.0. The van der Waals surface area contributed by atoms with Crippen molar-refractivity contribution in [1.29, 1.82) is 0 Å². The number of carboxylic acids is 1. The van der Waals surface area contributed by atoms with E-state index in [9.17, 15) is 9.90 Å². The molecule has 0 fully saturated rings. The van der Waals surface area contributed by atoms with Gasteiger partial charge >= 0.3 is 5.97 Å². The molecule has 2 rings (SSSR count). The average molecular weight is 279 g/mol. The average Bonchev–Trinajstić information content (AvgIpc) is 2.89. The van der Waals surface area contributed by atoms with E-state index in [1.807, 2.05) is 18.2 Å². The van der Waals surface area contributed by atoms with E-state index in [2.05, 4.69) is 5.32 Å². The summed E-state index contributed by atoms with van der Waals surface area (Å²) >= 11 is 0. The number of hydrogen-bond donors (Lipinski definition) is 4. The van der Waals surface area contributed by atoms with Crippen LogP contribution in [-0.4, -0.2) is 40.5 Å². The molecule has 0 saturated heterocycles. The zero-order valence-corrected chi connectivity index (χ0v) is 11.4. The van der Waals surface area contributed by atoms with Gasteiger partial charge < -0.3 is 20.6 Å². The number of hydrogen-bond acceptors (Lipinski definition) is 4. The minimum Gasteiger partial charge on any atom is -0.481 e. The van der Waals surface area contributed by atoms with E-state index >= 15 is 0 Å². The Labute approximate surface area is 118 Å². The summed E-state index contributed by atoms with van der Waals surface area (Å²) in [5.41, 5.74) is 3.30. The molecule has 1 aliphatic carbocycles. The van der Waals surface area contributed by atoms with Gasteiger partial charge in [-0.25, -0.2) is 0 Å². The Morgan fingerprint density at radius 3 is 2.75 bits per heavy atom. The number of carbonyl (C=O) groups is 1. The summed E-state index contributed by atoms with van der Waals surface area (Å²) in [6.07, 6.45) is 2.16. The first-order valence-corrected chi connectivity index (χ1v) is 6.97. The number of carboxylic acid groups (broad SMARTS) is 1. The van der Waals surface area contributed by atoms with Gasteiger partial charge in [-0.05, 0) is 36.0 Å². The lowest BCUT2D eigenvalue weighted by molar-refractivity contribution is -0.138. The second-order valence-corrected chi connectivity index (χ2v) is 5.21. The third kappa shape index (κ3) is 3.56. The van der Waals surface area contributed by atoms with Crippen molar-refractivity contribution in [3.05, 3.63) is 34.9 Å². The highest BCUT2D eigenvalue weighted by Crippen LogP contribution is 2.27. The van der Waals surface area contributed by atoms with Crippen molar-refractivity contribution in [2.24, 2.45) is 0 Å². The Morgan fingerprint density at radius 1 is 1.30 bits per heavy atom. The second-order valence-electron chi connectivity index (χ2n) is 5.21. The maximum absolute atomic E-state index is 10.9. The Balaban J connectivity index is 2.13. The molecule has 5 nitrogen and oxygen atoms in total. The van der Waals surface area contributed by atoms with Crippen LogP contribution in [0.25, 0.3) is 0 Å². The molecule has 0 aliphatic heterocycles. The molecule has 2 unspecified atom stereocenters. The Hall–Kier alpha value is -1.43. The molecular formula is C15H21NO4. The molecule has 110 valence electrons. The smallest absolute Gasteiger partial charge is 0.305 e. The van der Waals surface area contributed by atoms with Crippen LogP contribution in [0.5, 0.6) is 0 Å². The topological polar surface area (TPSA) is 89.8 Å². The maximum Gasteiger partial charge on any atom is 0.305 e. The fourth-order valence-corrected chi connectivity index (χ4v) is 2.74. The van der Waals surface area contributed by atoms with Gasteiger partial charge in [-0.3, -0.25) is 4.79 Å². The van der Waals surface area contributed by atoms with Crippen molar-refractivity contribution in [1.82, 2.24) is 5.32 Å². The van der Waals surface area contributed by atoms with Crippen molar-refractivity contribution >= 4 is 5.97 Å². The van der Waals surface area contributed by atoms with E-state index < -0.39 is 18.1 Å². The van der Waals surface area contributed by atoms with Gasteiger partial charge in [0.05, 0.1) is 19.1 Å². The molecule has 0 radical (unpaired) electrons. The number of fused-ring (bicyclic) bond motifs is 1. The molecule has 0 heterocycles. The molecule has 0 amide bonds. The summed E-state index contributed by atoms with van der Waals surface area (Å²) in [7, 11) is 0. The lowest BCUT2D eigenvalue weighted by atomic mass is 9.96. The monoisotopic (exact) mass is 279 g/mol. The van der Waals surface area contributed by atoms with Crippen LogP contribution in [0.1, 0.15) is 35.6 Å². The van der Waals surface area contributed by atoms with Crippen LogP contribution >= 0.6 is 0 Å². The van der Waals surface area contributed by atoms with Crippen molar-refractivity contribution in [3.63, 3.8) is 0 Å². The van der Waals surface area contributed by atoms with Crippen LogP contribution in [0.2, 0.25) is 0 Å². The van der Waals surface area contributed by atoms with Gasteiger partial charge in [0.15, 0.2) is 0 Å². The molecular weight excluding hydrogens is 258 g/mol. The van der Waals surface area contributed by atoms with Crippen LogP contribution in [-0.2, 0) is 17.6 Å². The predicted octanol–water partition coefficient (Wildman–Crippen LogP) is 0.634. The SMILES string of the molecule is O=C(O)CC(NCCO)C(O)c1ccc2c(c1)CCC2. The van der Waals surface area contributed by atoms with Gasteiger partial charge in [-0.1, -0.05) is 18.2 Å². The molecule has 2 atom stereocenters. The number of rotatable bonds is 7. The van der Waals surface area contributed by atoms with Crippen LogP contribution in [0.4, 0.5) is 0 Å². The quantitative estimate of drug-likeness (QED) is 0.588. The Morgan fingerprint density at radius 2 is 2.05 bits per heavy atom. The summed E-state index contributed by atoms with van der Waals surface area (Å²) < 4.78 is 0. The van der Waals surface area contributed by atoms with E-state index in [4.69, 9.17) is 10.2 Å². The van der Waals surface area contributed by atoms with Gasteiger partial charge in [-0.2, -0.15) is 0 Å². The molecule has 0 saturated carbocycles. The van der Waals surface area contributed by atoms with Crippen LogP contribution in [0, 0.1) is 0 Å². The molecule has 20 heavy (non-hydrogen) atoms. The first-order chi connectivity index (χ1) is 9.61. The van der Waals surface area contributed by atoms with Gasteiger partial charge in [0.1, 0.15) is 0 Å². The number of nitrogens with one attached hydrogen (secondary N) is 1. The highest BCUT2D eigenvalue weighted by atomic mass is 16.4. The summed E-state index contributed by atoms with van der Waals surface area (Å²) in [4.78, 5) is 10.9. The summed E-state index contributed by atoms with van der Waals surface area (Å²) in [5.74, 6) is -0.972. The zero-order chi connectivity index (χ0) is 14.5. The molecule has 0 spiro atoms. The van der Waals surface area contributed by atoms with E-state index in [1.54, 1.807) is 0 Å². The molecule has 1 aromatic carbocycles. The largest absolute Gasteiger partial charge is 0.481 e. The molecule has 5 heteroatoms. The lowest BCUT2D eigenvalue weighted by Crippen LogP contribution is -2.38. The second kappa shape index (κ2) is 6.83. The van der Waals surface area contributed by atoms with E-state index in [1.165, 1.54) is 11.1 Å². The number of aliphatic hydroxyl groups excluding tert-OH is 2. The summed E-state index contributed by atoms with van der Waals surface area (Å²) in [6, 6.07) is 5.26. The van der Waals surface area contributed by atoms with E-state index in [0.29, 0.717) is 0 Å². The summed E-state index contributed by atoms with van der Waals surface area (Å²) in [6.45, 7) is 0.174. The highest BCUT2D eigenvalue weighted by molar-refractivity contribution is 5.67. The van der Waals surface area contributed by atoms with E-state index in [0.717, 1.165) is 24.8 Å². The van der Waals surface area contributed by atoms with Gasteiger partial charge in [0.2, 0.25) is 0 Å². The number of benzene rings is 1. The van der Waals surface area contributed by atoms with Gasteiger partial charge in [-0.15, -0.1) is 0 Å². The van der Waals surface area contributed by atoms with Crippen LogP contribution < -0.4 is 5.32 Å². The molecule has 0 aromatic heterocycles. The van der Waals surface area contributed by atoms with Gasteiger partial charge in [0, 0.05) is 12.6 Å². The van der Waals surface area contributed by atoms with Crippen LogP contribution in [0.3, 0.4) is 0 Å². The highest BCUT2D eigenvalue weighted by Gasteiger charge is 2.24. The molecule has 4 N–H and O–H groups in total. The fraction of sp³-hybridized carbons (Fsp3) is 0.533. The van der Waals surface area contributed by atoms with Crippen molar-refractivity contribution in [2.45, 2.75) is 37.8 Å². The van der Waals surface area contributed by atoms with Crippen molar-refractivity contribution < 1.29 is 20.1 Å². The number of aliphatic hydroxyl groups is 2. The number of aryl methyl sites for hydroxylation is 2. The molecule has 0 bridgehead atoms. The lowest BCUT2D eigenvalue weighted by Gasteiger charge is -2.23. The molecule has 1 aromatic rings. The third-order valence-corrected chi connectivity index (χ3v) is 3.76. The Kier molecular flexibility index (Phi) is 5.11. The van der Waals surface area contributed by atoms with E-state index in [-0.39, 0.29) is 19.6 Å². The third-order valence-electron chi connectivity index (χ3n) is 3.76. The van der Waals surface area contributed by atoms with Crippen molar-refractivity contribution in [3.8, 4) is 0 Å². The van der Waals surface area contributed by atoms with Crippen LogP contribution in [0.15, 0.2) is 18.2 Å². The normalized spacial score (nSPS) is 16.7. The maximum atomic E-state index is 10.9. The molecule has 1 aliphatic rings. The summed E-state index contributed by atoms with van der Waals surface area (Å²) in [5, 5.41) is 31.0. The zero-order valence-electron chi connectivity index (χ0n) is 11.4. The minimum atomic E-state index is -0.972. The van der Waals surface area contributed by atoms with Gasteiger partial charge in [0.25, 0.3) is 0 Å². The minimum absolute atomic E-state index is 0.0903. The first-order valence-electron chi connectivity index (χ1n) is 6.97.